The smallest absolute Gasteiger partial charge is 0.237 e. The first-order chi connectivity index (χ1) is 17.8. The van der Waals surface area contributed by atoms with Gasteiger partial charge in [-0.1, -0.05) is 23.7 Å². The van der Waals surface area contributed by atoms with Gasteiger partial charge in [0.25, 0.3) is 0 Å². The van der Waals surface area contributed by atoms with Crippen molar-refractivity contribution in [3.05, 3.63) is 53.2 Å². The maximum Gasteiger partial charge on any atom is 0.237 e. The third-order valence-corrected chi connectivity index (χ3v) is 8.08. The molecule has 1 aliphatic carbocycles. The molecule has 4 rings (SSSR count). The highest BCUT2D eigenvalue weighted by molar-refractivity contribution is 8.15. The zero-order valence-corrected chi connectivity index (χ0v) is 22.4. The van der Waals surface area contributed by atoms with E-state index in [0.717, 1.165) is 11.8 Å². The second-order valence-electron chi connectivity index (χ2n) is 10.4. The van der Waals surface area contributed by atoms with Gasteiger partial charge in [-0.3, -0.25) is 14.6 Å². The number of aliphatic imine (C=N–C) groups is 1. The summed E-state index contributed by atoms with van der Waals surface area (Å²) in [6, 6.07) is 4.36. The number of nitrogens with two attached hydrogens (primary N) is 1. The van der Waals surface area contributed by atoms with Crippen molar-refractivity contribution in [1.82, 2.24) is 15.3 Å². The largest absolute Gasteiger partial charge is 0.460 e. The maximum absolute atomic E-state index is 15.2. The first kappa shape index (κ1) is 27.5. The lowest BCUT2D eigenvalue weighted by molar-refractivity contribution is -0.123. The van der Waals surface area contributed by atoms with Gasteiger partial charge >= 0.3 is 0 Å². The number of halogens is 2. The molecule has 3 N–H and O–H groups in total. The molecule has 1 aliphatic heterocycles. The van der Waals surface area contributed by atoms with Crippen LogP contribution < -0.4 is 15.8 Å². The van der Waals surface area contributed by atoms with E-state index in [1.807, 2.05) is 0 Å². The molecule has 0 unspecified atom stereocenters. The Labute approximate surface area is 224 Å². The number of nitrogens with one attached hydrogen (secondary N) is 1. The van der Waals surface area contributed by atoms with Crippen molar-refractivity contribution in [3.8, 4) is 18.2 Å². The van der Waals surface area contributed by atoms with E-state index in [1.54, 1.807) is 33.8 Å². The average molecular weight is 542 g/mol. The number of nitrogens with zero attached hydrogens (tertiary/aromatic N) is 3. The van der Waals surface area contributed by atoms with Crippen LogP contribution in [-0.2, 0) is 16.8 Å². The van der Waals surface area contributed by atoms with Crippen LogP contribution in [0.3, 0.4) is 0 Å². The van der Waals surface area contributed by atoms with Crippen LogP contribution in [0.15, 0.2) is 35.6 Å². The molecule has 2 heterocycles. The molecule has 38 heavy (non-hydrogen) atoms. The highest BCUT2D eigenvalue weighted by Crippen LogP contribution is 2.66. The average Bonchev–Trinajstić information content (AvgIpc) is 3.62. The Morgan fingerprint density at radius 3 is 2.74 bits per heavy atom. The molecule has 1 fully saturated rings. The zero-order chi connectivity index (χ0) is 27.9. The molecular formula is C27H29F2N5O3S. The molecule has 1 saturated carbocycles. The Kier molecular flexibility index (Phi) is 7.23. The molecule has 11 heteroatoms. The monoisotopic (exact) mass is 541 g/mol. The summed E-state index contributed by atoms with van der Waals surface area (Å²) in [5, 5.41) is 2.89. The number of ketones is 1. The number of Topliss-reactive ketones (excluding diaryl/α,β-unsaturated/α-hetero) is 1. The minimum absolute atomic E-state index is 0.0616. The van der Waals surface area contributed by atoms with Gasteiger partial charge in [-0.15, -0.1) is 6.42 Å². The first-order valence-corrected chi connectivity index (χ1v) is 12.8. The molecule has 0 bridgehead atoms. The molecule has 2 aliphatic rings. The number of benzene rings is 1. The molecular weight excluding hydrogens is 512 g/mol. The second-order valence-corrected chi connectivity index (χ2v) is 11.7. The van der Waals surface area contributed by atoms with Gasteiger partial charge in [0.1, 0.15) is 22.9 Å². The van der Waals surface area contributed by atoms with Crippen molar-refractivity contribution < 1.29 is 23.1 Å². The zero-order valence-electron chi connectivity index (χ0n) is 21.5. The Bertz CT molecular complexity index is 1340. The fraction of sp³-hybridized carbons (Fsp3) is 0.444. The summed E-state index contributed by atoms with van der Waals surface area (Å²) < 4.78 is 33.0. The van der Waals surface area contributed by atoms with Crippen LogP contribution in [0.2, 0.25) is 0 Å². The summed E-state index contributed by atoms with van der Waals surface area (Å²) in [6.07, 6.45) is 7.75. The van der Waals surface area contributed by atoms with E-state index in [9.17, 15) is 14.0 Å². The summed E-state index contributed by atoms with van der Waals surface area (Å²) in [7, 11) is 0. The van der Waals surface area contributed by atoms with Crippen molar-refractivity contribution >= 4 is 28.6 Å². The molecule has 1 aromatic heterocycles. The maximum atomic E-state index is 15.2. The quantitative estimate of drug-likeness (QED) is 0.369. The fourth-order valence-corrected chi connectivity index (χ4v) is 5.97. The normalized spacial score (nSPS) is 24.9. The molecule has 200 valence electrons. The van der Waals surface area contributed by atoms with Gasteiger partial charge in [0.15, 0.2) is 17.1 Å². The van der Waals surface area contributed by atoms with Crippen molar-refractivity contribution in [2.24, 2.45) is 16.6 Å². The van der Waals surface area contributed by atoms with Crippen molar-refractivity contribution in [3.63, 3.8) is 0 Å². The number of rotatable bonds is 9. The van der Waals surface area contributed by atoms with E-state index in [1.165, 1.54) is 24.5 Å². The van der Waals surface area contributed by atoms with Crippen LogP contribution >= 0.6 is 11.8 Å². The van der Waals surface area contributed by atoms with E-state index in [0.29, 0.717) is 12.0 Å². The minimum Gasteiger partial charge on any atom is -0.460 e. The summed E-state index contributed by atoms with van der Waals surface area (Å²) in [6.45, 7) is 5.85. The van der Waals surface area contributed by atoms with Gasteiger partial charge in [-0.2, -0.15) is 0 Å². The van der Waals surface area contributed by atoms with E-state index in [4.69, 9.17) is 16.9 Å². The lowest BCUT2D eigenvalue weighted by atomic mass is 9.84. The van der Waals surface area contributed by atoms with E-state index < -0.39 is 34.4 Å². The Morgan fingerprint density at radius 1 is 1.37 bits per heavy atom. The molecule has 4 atom stereocenters. The second kappa shape index (κ2) is 9.98. The summed E-state index contributed by atoms with van der Waals surface area (Å²) in [4.78, 5) is 38.8. The molecule has 2 aromatic rings. The predicted molar refractivity (Wildman–Crippen MR) is 141 cm³/mol. The van der Waals surface area contributed by atoms with Crippen molar-refractivity contribution in [2.75, 3.05) is 6.67 Å². The van der Waals surface area contributed by atoms with Gasteiger partial charge in [0.2, 0.25) is 11.8 Å². The van der Waals surface area contributed by atoms with Crippen LogP contribution in [0.4, 0.5) is 8.78 Å². The Balaban J connectivity index is 1.56. The number of carbonyl (C=O) groups excluding carboxylic acids is 2. The van der Waals surface area contributed by atoms with Gasteiger partial charge in [-0.05, 0) is 51.8 Å². The number of aromatic nitrogens is 2. The topological polar surface area (TPSA) is 120 Å². The number of thioether (sulfide) groups is 1. The minimum atomic E-state index is -1.15. The number of amides is 1. The number of terminal acetylenes is 1. The summed E-state index contributed by atoms with van der Waals surface area (Å²) >= 11 is 1.12. The number of hydrogen-bond donors (Lipinski definition) is 2. The number of hydrogen-bond acceptors (Lipinski definition) is 8. The SMILES string of the molecule is C#C[C@H](C)Oc1cnc(C(=O)Cc2ccc(F)c([C@@]3(C)N=C(N)S[C@@]4(C(=O)NC(C)(C)CF)C[C@H]43)c2)cn1. The highest BCUT2D eigenvalue weighted by Gasteiger charge is 2.71. The number of alkyl halides is 1. The molecule has 1 aromatic carbocycles. The Hall–Kier alpha value is -3.52. The number of amidine groups is 1. The van der Waals surface area contributed by atoms with Crippen LogP contribution in [0.1, 0.15) is 55.7 Å². The van der Waals surface area contributed by atoms with Gasteiger partial charge in [0.05, 0.1) is 23.5 Å². The van der Waals surface area contributed by atoms with Crippen LogP contribution in [0, 0.1) is 24.1 Å². The van der Waals surface area contributed by atoms with E-state index >= 15 is 4.39 Å². The van der Waals surface area contributed by atoms with Crippen LogP contribution in [0.5, 0.6) is 5.88 Å². The standard InChI is InChI=1S/C27H29F2N5O3S/c1-6-15(2)37-22-13-31-19(12-32-22)20(35)10-16-7-8-18(29)17(9-16)26(5)21-11-27(21,38-24(30)34-26)23(36)33-25(3,4)14-28/h1,7-9,12-13,15,21H,10-11,14H2,2-5H3,(H2,30,34)(H,33,36)/t15-,21-,26+,27-/m0/s1. The Morgan fingerprint density at radius 2 is 2.11 bits per heavy atom. The molecule has 0 saturated heterocycles. The van der Waals surface area contributed by atoms with E-state index in [-0.39, 0.29) is 46.3 Å². The van der Waals surface area contributed by atoms with Crippen LogP contribution in [-0.4, -0.2) is 49.9 Å². The summed E-state index contributed by atoms with van der Waals surface area (Å²) in [5.41, 5.74) is 4.82. The van der Waals surface area contributed by atoms with Gasteiger partial charge in [0, 0.05) is 17.9 Å². The third kappa shape index (κ3) is 5.23. The van der Waals surface area contributed by atoms with E-state index in [2.05, 4.69) is 26.2 Å². The molecule has 0 spiro atoms. The van der Waals surface area contributed by atoms with Gasteiger partial charge in [-0.25, -0.2) is 18.7 Å². The molecule has 0 radical (unpaired) electrons. The fourth-order valence-electron chi connectivity index (χ4n) is 4.60. The predicted octanol–water partition coefficient (Wildman–Crippen LogP) is 3.34. The van der Waals surface area contributed by atoms with Crippen molar-refractivity contribution in [1.29, 1.82) is 0 Å². The lowest BCUT2D eigenvalue weighted by Gasteiger charge is -2.35. The molecule has 1 amide bonds. The van der Waals surface area contributed by atoms with Crippen molar-refractivity contribution in [2.45, 2.75) is 62.5 Å². The lowest BCUT2D eigenvalue weighted by Crippen LogP contribution is -2.52. The molecule has 8 nitrogen and oxygen atoms in total. The highest BCUT2D eigenvalue weighted by atomic mass is 32.2. The number of carbonyl (C=O) groups is 2. The third-order valence-electron chi connectivity index (χ3n) is 6.77. The number of fused-ring (bicyclic) bond motifs is 1. The summed E-state index contributed by atoms with van der Waals surface area (Å²) in [5.74, 6) is 1.03. The first-order valence-electron chi connectivity index (χ1n) is 12.0. The number of ether oxygens (including phenoxy) is 1. The van der Waals surface area contributed by atoms with Gasteiger partial charge < -0.3 is 15.8 Å². The van der Waals surface area contributed by atoms with Crippen LogP contribution in [0.25, 0.3) is 0 Å².